The van der Waals surface area contributed by atoms with Gasteiger partial charge in [-0.2, -0.15) is 0 Å². The number of sulfone groups is 1. The van der Waals surface area contributed by atoms with E-state index in [2.05, 4.69) is 0 Å². The monoisotopic (exact) mass is 592 g/mol. The Labute approximate surface area is 238 Å². The molecule has 1 aliphatic rings. The molecule has 0 bridgehead atoms. The van der Waals surface area contributed by atoms with Gasteiger partial charge >= 0.3 is 5.37 Å². The number of hydrogen-bond donors (Lipinski definition) is 0. The number of hydrogen-bond acceptors (Lipinski definition) is 5. The smallest absolute Gasteiger partial charge is 0.322 e. The van der Waals surface area contributed by atoms with Gasteiger partial charge in [-0.15, -0.1) is 0 Å². The molecule has 200 valence electrons. The lowest BCUT2D eigenvalue weighted by Gasteiger charge is -2.44. The number of carbonyl (C=O) groups excluding carboxylic acids is 1. The van der Waals surface area contributed by atoms with Crippen LogP contribution in [-0.4, -0.2) is 36.9 Å². The Hall–Kier alpha value is -2.58. The standard InChI is InChI=1S/C28H27Cl3N2O4S/c1-5-37-24-17-22(38(35,36)6-2)15-16-23(24)25-32-27(3,18-7-11-20(29)12-8-18)28(4,33(25)26(31)34)19-9-13-21(30)14-10-19/h7-17H,5-6H2,1-4H3. The van der Waals surface area contributed by atoms with E-state index in [-0.39, 0.29) is 28.8 Å². The van der Waals surface area contributed by atoms with Crippen molar-refractivity contribution < 1.29 is 17.9 Å². The molecule has 4 rings (SSSR count). The van der Waals surface area contributed by atoms with Gasteiger partial charge < -0.3 is 4.74 Å². The number of benzene rings is 3. The molecule has 38 heavy (non-hydrogen) atoms. The van der Waals surface area contributed by atoms with Crippen molar-refractivity contribution in [2.75, 3.05) is 12.4 Å². The summed E-state index contributed by atoms with van der Waals surface area (Å²) < 4.78 is 31.1. The summed E-state index contributed by atoms with van der Waals surface area (Å²) in [5, 5.41) is 0.343. The topological polar surface area (TPSA) is 76.0 Å². The summed E-state index contributed by atoms with van der Waals surface area (Å²) in [4.78, 5) is 19.9. The summed E-state index contributed by atoms with van der Waals surface area (Å²) in [6, 6.07) is 19.0. The maximum Gasteiger partial charge on any atom is 0.322 e. The van der Waals surface area contributed by atoms with Crippen molar-refractivity contribution in [3.05, 3.63) is 93.5 Å². The van der Waals surface area contributed by atoms with Gasteiger partial charge in [0.05, 0.1) is 22.8 Å². The lowest BCUT2D eigenvalue weighted by atomic mass is 9.71. The van der Waals surface area contributed by atoms with Crippen LogP contribution in [0, 0.1) is 0 Å². The maximum atomic E-state index is 13.2. The molecule has 0 saturated heterocycles. The van der Waals surface area contributed by atoms with Crippen molar-refractivity contribution in [2.24, 2.45) is 4.99 Å². The summed E-state index contributed by atoms with van der Waals surface area (Å²) in [6.07, 6.45) is 0. The van der Waals surface area contributed by atoms with Gasteiger partial charge in [0.25, 0.3) is 0 Å². The van der Waals surface area contributed by atoms with Crippen LogP contribution in [0.5, 0.6) is 5.75 Å². The van der Waals surface area contributed by atoms with Gasteiger partial charge in [-0.1, -0.05) is 54.4 Å². The first kappa shape index (κ1) is 28.4. The van der Waals surface area contributed by atoms with E-state index >= 15 is 0 Å². The van der Waals surface area contributed by atoms with E-state index in [1.54, 1.807) is 44.2 Å². The number of ether oxygens (including phenoxy) is 1. The van der Waals surface area contributed by atoms with E-state index in [1.165, 1.54) is 17.0 Å². The molecule has 6 nitrogen and oxygen atoms in total. The fraction of sp³-hybridized carbons (Fsp3) is 0.286. The highest BCUT2D eigenvalue weighted by atomic mass is 35.5. The molecule has 0 N–H and O–H groups in total. The molecule has 0 fully saturated rings. The molecule has 2 unspecified atom stereocenters. The average molecular weight is 594 g/mol. The molecule has 1 aliphatic heterocycles. The number of rotatable bonds is 7. The molecular weight excluding hydrogens is 567 g/mol. The van der Waals surface area contributed by atoms with E-state index in [4.69, 9.17) is 44.5 Å². The average Bonchev–Trinajstić information content (AvgIpc) is 3.13. The zero-order valence-corrected chi connectivity index (χ0v) is 24.4. The second-order valence-corrected chi connectivity index (χ2v) is 12.7. The van der Waals surface area contributed by atoms with E-state index in [0.29, 0.717) is 15.6 Å². The van der Waals surface area contributed by atoms with Gasteiger partial charge in [0.2, 0.25) is 0 Å². The maximum absolute atomic E-state index is 13.2. The van der Waals surface area contributed by atoms with Crippen LogP contribution in [0.25, 0.3) is 0 Å². The number of carbonyl (C=O) groups is 1. The molecule has 1 heterocycles. The van der Waals surface area contributed by atoms with Crippen LogP contribution in [-0.2, 0) is 20.9 Å². The van der Waals surface area contributed by atoms with Crippen molar-refractivity contribution in [3.8, 4) is 5.75 Å². The van der Waals surface area contributed by atoms with Crippen LogP contribution in [0.1, 0.15) is 44.4 Å². The first-order valence-electron chi connectivity index (χ1n) is 12.0. The van der Waals surface area contributed by atoms with Crippen LogP contribution in [0.15, 0.2) is 76.6 Å². The predicted molar refractivity (Wildman–Crippen MR) is 153 cm³/mol. The molecule has 0 saturated carbocycles. The van der Waals surface area contributed by atoms with Crippen molar-refractivity contribution in [3.63, 3.8) is 0 Å². The summed E-state index contributed by atoms with van der Waals surface area (Å²) in [7, 11) is -3.50. The minimum atomic E-state index is -3.50. The number of amidine groups is 1. The third-order valence-corrected chi connectivity index (χ3v) is 9.56. The highest BCUT2D eigenvalue weighted by Gasteiger charge is 2.59. The second kappa shape index (κ2) is 10.5. The van der Waals surface area contributed by atoms with Gasteiger partial charge in [-0.3, -0.25) is 14.7 Å². The summed E-state index contributed by atoms with van der Waals surface area (Å²) >= 11 is 18.7. The van der Waals surface area contributed by atoms with Crippen LogP contribution in [0.3, 0.4) is 0 Å². The van der Waals surface area contributed by atoms with Crippen LogP contribution < -0.4 is 4.74 Å². The van der Waals surface area contributed by atoms with Gasteiger partial charge in [0, 0.05) is 10.0 Å². The van der Waals surface area contributed by atoms with Crippen molar-refractivity contribution in [1.29, 1.82) is 0 Å². The molecule has 0 aromatic heterocycles. The molecule has 0 spiro atoms. The Morgan fingerprint density at radius 2 is 1.47 bits per heavy atom. The third-order valence-electron chi connectivity index (χ3n) is 7.16. The normalized spacial score (nSPS) is 21.3. The van der Waals surface area contributed by atoms with E-state index in [1.807, 2.05) is 38.1 Å². The number of aliphatic imine (C=N–C) groups is 1. The van der Waals surface area contributed by atoms with Crippen LogP contribution in [0.2, 0.25) is 10.0 Å². The Bertz CT molecular complexity index is 1510. The number of amides is 1. The first-order chi connectivity index (χ1) is 17.9. The highest BCUT2D eigenvalue weighted by Crippen LogP contribution is 2.54. The number of halogens is 3. The summed E-state index contributed by atoms with van der Waals surface area (Å²) in [5.74, 6) is 0.473. The minimum Gasteiger partial charge on any atom is -0.493 e. The van der Waals surface area contributed by atoms with Crippen molar-refractivity contribution in [2.45, 2.75) is 43.7 Å². The zero-order chi connectivity index (χ0) is 27.9. The van der Waals surface area contributed by atoms with E-state index < -0.39 is 26.3 Å². The summed E-state index contributed by atoms with van der Waals surface area (Å²) in [6.45, 7) is 7.45. The first-order valence-corrected chi connectivity index (χ1v) is 14.8. The molecule has 1 amide bonds. The van der Waals surface area contributed by atoms with Gasteiger partial charge in [0.1, 0.15) is 22.7 Å². The molecule has 0 aliphatic carbocycles. The minimum absolute atomic E-state index is 0.0611. The Morgan fingerprint density at radius 3 is 1.97 bits per heavy atom. The molecule has 0 radical (unpaired) electrons. The van der Waals surface area contributed by atoms with E-state index in [0.717, 1.165) is 11.1 Å². The third kappa shape index (κ3) is 4.70. The quantitative estimate of drug-likeness (QED) is 0.211. The molecule has 3 aromatic rings. The SMILES string of the molecule is CCOc1cc(S(=O)(=O)CC)ccc1C1=NC(C)(c2ccc(Cl)cc2)C(C)(c2ccc(Cl)cc2)N1C(=O)Cl. The highest BCUT2D eigenvalue weighted by molar-refractivity contribution is 7.91. The van der Waals surface area contributed by atoms with Gasteiger partial charge in [0.15, 0.2) is 9.84 Å². The van der Waals surface area contributed by atoms with Crippen LogP contribution in [0.4, 0.5) is 4.79 Å². The molecular formula is C28H27Cl3N2O4S. The fourth-order valence-electron chi connectivity index (χ4n) is 4.87. The Balaban J connectivity index is 2.04. The van der Waals surface area contributed by atoms with Gasteiger partial charge in [-0.05, 0) is 86.0 Å². The molecule has 2 atom stereocenters. The largest absolute Gasteiger partial charge is 0.493 e. The predicted octanol–water partition coefficient (Wildman–Crippen LogP) is 7.44. The molecule has 10 heteroatoms. The zero-order valence-electron chi connectivity index (χ0n) is 21.3. The van der Waals surface area contributed by atoms with Crippen molar-refractivity contribution >= 4 is 55.8 Å². The summed E-state index contributed by atoms with van der Waals surface area (Å²) in [5.41, 5.74) is -0.176. The fourth-order valence-corrected chi connectivity index (χ4v) is 6.26. The Morgan fingerprint density at radius 1 is 0.921 bits per heavy atom. The Kier molecular flexibility index (Phi) is 7.88. The lowest BCUT2D eigenvalue weighted by molar-refractivity contribution is 0.149. The van der Waals surface area contributed by atoms with E-state index in [9.17, 15) is 13.2 Å². The molecule has 3 aromatic carbocycles. The van der Waals surface area contributed by atoms with Gasteiger partial charge in [-0.25, -0.2) is 8.42 Å². The second-order valence-electron chi connectivity index (χ2n) is 9.18. The lowest BCUT2D eigenvalue weighted by Crippen LogP contribution is -2.53. The van der Waals surface area contributed by atoms with Crippen LogP contribution >= 0.6 is 34.8 Å². The number of nitrogens with zero attached hydrogens (tertiary/aromatic N) is 2. The van der Waals surface area contributed by atoms with Crippen molar-refractivity contribution in [1.82, 2.24) is 4.90 Å².